The summed E-state index contributed by atoms with van der Waals surface area (Å²) in [5.41, 5.74) is 3.37. The van der Waals surface area contributed by atoms with Crippen molar-refractivity contribution in [2.24, 2.45) is 4.99 Å². The molecule has 3 aromatic rings. The highest BCUT2D eigenvalue weighted by Gasteiger charge is 2.17. The summed E-state index contributed by atoms with van der Waals surface area (Å²) in [6, 6.07) is 15.5. The molecule has 8 heteroatoms. The van der Waals surface area contributed by atoms with E-state index < -0.39 is 0 Å². The fourth-order valence-corrected chi connectivity index (χ4v) is 4.48. The number of hydrogen-bond acceptors (Lipinski definition) is 8. The minimum absolute atomic E-state index is 0.594. The maximum absolute atomic E-state index is 5.27. The highest BCUT2D eigenvalue weighted by Crippen LogP contribution is 2.33. The zero-order valence-electron chi connectivity index (χ0n) is 15.5. The van der Waals surface area contributed by atoms with Gasteiger partial charge in [-0.25, -0.2) is 4.98 Å². The third-order valence-electron chi connectivity index (χ3n) is 4.13. The third kappa shape index (κ3) is 4.13. The summed E-state index contributed by atoms with van der Waals surface area (Å²) in [7, 11) is 3.30. The predicted octanol–water partition coefficient (Wildman–Crippen LogP) is 4.42. The van der Waals surface area contributed by atoms with Gasteiger partial charge in [-0.05, 0) is 60.3 Å². The van der Waals surface area contributed by atoms with Crippen molar-refractivity contribution in [3.05, 3.63) is 48.5 Å². The van der Waals surface area contributed by atoms with Crippen LogP contribution in [-0.4, -0.2) is 46.1 Å². The second-order valence-corrected chi connectivity index (χ2v) is 8.14. The molecule has 0 saturated heterocycles. The van der Waals surface area contributed by atoms with Crippen LogP contribution in [0.3, 0.4) is 0 Å². The molecule has 0 N–H and O–H groups in total. The van der Waals surface area contributed by atoms with Gasteiger partial charge in [-0.3, -0.25) is 4.99 Å². The summed E-state index contributed by atoms with van der Waals surface area (Å²) < 4.78 is 11.5. The molecule has 1 aliphatic heterocycles. The van der Waals surface area contributed by atoms with Crippen molar-refractivity contribution in [1.82, 2.24) is 15.2 Å². The number of methoxy groups -OCH3 is 2. The lowest BCUT2D eigenvalue weighted by Crippen LogP contribution is -2.00. The van der Waals surface area contributed by atoms with Crippen LogP contribution in [0.2, 0.25) is 0 Å². The summed E-state index contributed by atoms with van der Waals surface area (Å²) >= 11 is 3.18. The van der Waals surface area contributed by atoms with Crippen LogP contribution in [0.5, 0.6) is 11.5 Å². The minimum Gasteiger partial charge on any atom is -0.497 e. The van der Waals surface area contributed by atoms with Crippen molar-refractivity contribution in [1.29, 1.82) is 0 Å². The fourth-order valence-electron chi connectivity index (χ4n) is 2.70. The molecule has 0 saturated carbocycles. The van der Waals surface area contributed by atoms with E-state index >= 15 is 0 Å². The van der Waals surface area contributed by atoms with Crippen LogP contribution in [0, 0.1) is 0 Å². The number of benzene rings is 2. The van der Waals surface area contributed by atoms with E-state index in [1.807, 2.05) is 48.5 Å². The van der Waals surface area contributed by atoms with Gasteiger partial charge in [0.05, 0.1) is 20.8 Å². The summed E-state index contributed by atoms with van der Waals surface area (Å²) in [5, 5.41) is 9.42. The van der Waals surface area contributed by atoms with Gasteiger partial charge >= 0.3 is 0 Å². The lowest BCUT2D eigenvalue weighted by atomic mass is 10.0. The van der Waals surface area contributed by atoms with E-state index in [9.17, 15) is 0 Å². The van der Waals surface area contributed by atoms with E-state index in [1.165, 1.54) is 11.8 Å². The molecule has 4 rings (SSSR count). The largest absolute Gasteiger partial charge is 0.497 e. The molecule has 1 aliphatic rings. The second-order valence-electron chi connectivity index (χ2n) is 5.85. The average molecular weight is 411 g/mol. The van der Waals surface area contributed by atoms with Gasteiger partial charge < -0.3 is 9.47 Å². The van der Waals surface area contributed by atoms with Gasteiger partial charge in [0.25, 0.3) is 0 Å². The van der Waals surface area contributed by atoms with Crippen LogP contribution in [0.25, 0.3) is 22.5 Å². The maximum atomic E-state index is 5.27. The van der Waals surface area contributed by atoms with E-state index in [-0.39, 0.29) is 0 Å². The van der Waals surface area contributed by atoms with Crippen molar-refractivity contribution in [2.75, 3.05) is 26.5 Å². The number of nitrogens with zero attached hydrogens (tertiary/aromatic N) is 4. The zero-order valence-corrected chi connectivity index (χ0v) is 17.1. The molecular formula is C20H18N4O2S2. The average Bonchev–Trinajstić information content (AvgIpc) is 3.27. The van der Waals surface area contributed by atoms with E-state index in [0.717, 1.165) is 50.7 Å². The highest BCUT2D eigenvalue weighted by atomic mass is 32.2. The van der Waals surface area contributed by atoms with Gasteiger partial charge in [-0.1, -0.05) is 11.8 Å². The Bertz CT molecular complexity index is 992. The van der Waals surface area contributed by atoms with Crippen LogP contribution in [0.1, 0.15) is 0 Å². The molecule has 0 spiro atoms. The maximum Gasteiger partial charge on any atom is 0.216 e. The molecule has 0 radical (unpaired) electrons. The Morgan fingerprint density at radius 3 is 1.96 bits per heavy atom. The number of hydrogen-bond donors (Lipinski definition) is 0. The molecule has 1 aromatic heterocycles. The van der Waals surface area contributed by atoms with Crippen molar-refractivity contribution < 1.29 is 9.47 Å². The highest BCUT2D eigenvalue weighted by molar-refractivity contribution is 8.39. The zero-order chi connectivity index (χ0) is 19.3. The van der Waals surface area contributed by atoms with Crippen LogP contribution in [-0.2, 0) is 0 Å². The molecule has 0 aliphatic carbocycles. The van der Waals surface area contributed by atoms with Gasteiger partial charge in [-0.15, -0.1) is 10.2 Å². The normalized spacial score (nSPS) is 13.3. The van der Waals surface area contributed by atoms with Gasteiger partial charge in [0.1, 0.15) is 27.3 Å². The van der Waals surface area contributed by atoms with Crippen molar-refractivity contribution in [3.63, 3.8) is 0 Å². The summed E-state index contributed by atoms with van der Waals surface area (Å²) in [5.74, 6) is 2.59. The van der Waals surface area contributed by atoms with E-state index in [1.54, 1.807) is 26.0 Å². The molecule has 0 unspecified atom stereocenters. The quantitative estimate of drug-likeness (QED) is 0.617. The molecule has 0 fully saturated rings. The molecular weight excluding hydrogens is 392 g/mol. The van der Waals surface area contributed by atoms with Crippen LogP contribution in [0.4, 0.5) is 0 Å². The Labute approximate surface area is 171 Å². The molecule has 2 aromatic carbocycles. The Morgan fingerprint density at radius 1 is 0.821 bits per heavy atom. The van der Waals surface area contributed by atoms with Crippen LogP contribution < -0.4 is 9.47 Å². The topological polar surface area (TPSA) is 69.5 Å². The monoisotopic (exact) mass is 410 g/mol. The lowest BCUT2D eigenvalue weighted by Gasteiger charge is -2.10. The number of thioether (sulfide) groups is 2. The first-order chi connectivity index (χ1) is 13.8. The van der Waals surface area contributed by atoms with Crippen molar-refractivity contribution in [3.8, 4) is 34.0 Å². The van der Waals surface area contributed by atoms with E-state index in [0.29, 0.717) is 5.16 Å². The Hall–Kier alpha value is -2.58. The van der Waals surface area contributed by atoms with Gasteiger partial charge in [0.15, 0.2) is 0 Å². The molecule has 6 nitrogen and oxygen atoms in total. The fraction of sp³-hybridized carbons (Fsp3) is 0.200. The van der Waals surface area contributed by atoms with Crippen LogP contribution >= 0.6 is 23.5 Å². The molecule has 0 amide bonds. The smallest absolute Gasteiger partial charge is 0.216 e. The predicted molar refractivity (Wildman–Crippen MR) is 114 cm³/mol. The Balaban J connectivity index is 1.76. The molecule has 2 heterocycles. The van der Waals surface area contributed by atoms with Gasteiger partial charge in [0.2, 0.25) is 5.16 Å². The van der Waals surface area contributed by atoms with Crippen LogP contribution in [0.15, 0.2) is 58.7 Å². The first-order valence-electron chi connectivity index (χ1n) is 8.65. The number of rotatable bonds is 5. The van der Waals surface area contributed by atoms with E-state index in [2.05, 4.69) is 15.2 Å². The summed E-state index contributed by atoms with van der Waals surface area (Å²) in [6.45, 7) is 0.843. The minimum atomic E-state index is 0.594. The molecule has 0 atom stereocenters. The molecule has 142 valence electrons. The van der Waals surface area contributed by atoms with Gasteiger partial charge in [0, 0.05) is 16.9 Å². The van der Waals surface area contributed by atoms with Crippen molar-refractivity contribution >= 4 is 27.9 Å². The van der Waals surface area contributed by atoms with E-state index in [4.69, 9.17) is 14.5 Å². The van der Waals surface area contributed by atoms with Crippen molar-refractivity contribution in [2.45, 2.75) is 5.16 Å². The number of aromatic nitrogens is 3. The summed E-state index contributed by atoms with van der Waals surface area (Å²) in [6.07, 6.45) is 0. The first kappa shape index (κ1) is 18.8. The first-order valence-corrected chi connectivity index (χ1v) is 10.5. The SMILES string of the molecule is COc1ccc(-c2nnc(SC3=NCCS3)nc2-c2ccc(OC)cc2)cc1. The Morgan fingerprint density at radius 2 is 1.43 bits per heavy atom. The van der Waals surface area contributed by atoms with Gasteiger partial charge in [-0.2, -0.15) is 0 Å². The number of ether oxygens (including phenoxy) is 2. The summed E-state index contributed by atoms with van der Waals surface area (Å²) in [4.78, 5) is 9.26. The third-order valence-corrected chi connectivity index (χ3v) is 6.16. The number of aliphatic imine (C=N–C) groups is 1. The molecule has 0 bridgehead atoms. The Kier molecular flexibility index (Phi) is 5.78. The molecule has 28 heavy (non-hydrogen) atoms. The lowest BCUT2D eigenvalue weighted by molar-refractivity contribution is 0.414. The standard InChI is InChI=1S/C20H18N4O2S2/c1-25-15-7-3-13(4-8-15)17-18(14-5-9-16(26-2)10-6-14)23-24-19(22-17)28-20-21-11-12-27-20/h3-10H,11-12H2,1-2H3. The second kappa shape index (κ2) is 8.62.